The van der Waals surface area contributed by atoms with E-state index in [9.17, 15) is 25.0 Å². The van der Waals surface area contributed by atoms with E-state index in [1.165, 1.54) is 11.6 Å². The molecular weight excluding hydrogens is 376 g/mol. The molecule has 0 heterocycles. The van der Waals surface area contributed by atoms with Crippen LogP contribution in [-0.4, -0.2) is 21.5 Å². The number of nitro benzene ring substituents is 2. The van der Waals surface area contributed by atoms with Crippen LogP contribution in [0.1, 0.15) is 44.4 Å². The Morgan fingerprint density at radius 1 is 1.03 bits per heavy atom. The molecule has 9 nitrogen and oxygen atoms in total. The number of rotatable bonds is 6. The average molecular weight is 398 g/mol. The summed E-state index contributed by atoms with van der Waals surface area (Å²) in [5.74, 6) is -0.562. The number of hydrogen-bond donors (Lipinski definition) is 1. The van der Waals surface area contributed by atoms with Gasteiger partial charge in [-0.25, -0.2) is 5.43 Å². The number of non-ortho nitro benzene ring substituents is 1. The summed E-state index contributed by atoms with van der Waals surface area (Å²) in [6.07, 6.45) is -0.325. The molecule has 0 aliphatic carbocycles. The number of hydrazone groups is 1. The summed E-state index contributed by atoms with van der Waals surface area (Å²) in [5, 5.41) is 26.0. The van der Waals surface area contributed by atoms with Crippen LogP contribution in [0.5, 0.6) is 0 Å². The van der Waals surface area contributed by atoms with Gasteiger partial charge in [-0.1, -0.05) is 45.0 Å². The molecule has 0 saturated heterocycles. The van der Waals surface area contributed by atoms with Crippen molar-refractivity contribution in [3.8, 4) is 0 Å². The van der Waals surface area contributed by atoms with Gasteiger partial charge in [0.25, 0.3) is 11.4 Å². The lowest BCUT2D eigenvalue weighted by Gasteiger charge is -2.19. The highest BCUT2D eigenvalue weighted by molar-refractivity contribution is 5.99. The molecule has 0 aromatic heterocycles. The molecule has 2 aromatic rings. The standard InChI is InChI=1S/C20H22N4O5/c1-13(14-5-8-16(9-6-14)20(2,3)4)21-22-19(25)11-15-7-10-17(23(26)27)12-18(15)24(28)29/h5-10,12H,11H2,1-4H3,(H,22,25)/b21-13+. The fraction of sp³-hybridized carbons (Fsp3) is 0.300. The number of nitrogens with one attached hydrogen (secondary N) is 1. The van der Waals surface area contributed by atoms with Crippen molar-refractivity contribution in [3.63, 3.8) is 0 Å². The Kier molecular flexibility index (Phi) is 6.42. The van der Waals surface area contributed by atoms with E-state index in [-0.39, 0.29) is 17.4 Å². The predicted molar refractivity (Wildman–Crippen MR) is 109 cm³/mol. The summed E-state index contributed by atoms with van der Waals surface area (Å²) < 4.78 is 0. The first kappa shape index (κ1) is 21.7. The monoisotopic (exact) mass is 398 g/mol. The number of carbonyl (C=O) groups excluding carboxylic acids is 1. The van der Waals surface area contributed by atoms with Crippen LogP contribution in [0, 0.1) is 20.2 Å². The molecule has 0 atom stereocenters. The van der Waals surface area contributed by atoms with Gasteiger partial charge in [-0.3, -0.25) is 25.0 Å². The van der Waals surface area contributed by atoms with E-state index in [1.54, 1.807) is 6.92 Å². The van der Waals surface area contributed by atoms with E-state index >= 15 is 0 Å². The first-order valence-corrected chi connectivity index (χ1v) is 8.85. The van der Waals surface area contributed by atoms with Crippen molar-refractivity contribution in [3.05, 3.63) is 79.4 Å². The molecule has 2 aromatic carbocycles. The van der Waals surface area contributed by atoms with Crippen LogP contribution in [0.15, 0.2) is 47.6 Å². The maximum absolute atomic E-state index is 12.2. The molecular formula is C20H22N4O5. The number of amides is 1. The lowest BCUT2D eigenvalue weighted by Crippen LogP contribution is -2.21. The Hall–Kier alpha value is -3.62. The minimum atomic E-state index is -0.749. The molecule has 1 N–H and O–H groups in total. The van der Waals surface area contributed by atoms with E-state index in [0.717, 1.165) is 17.7 Å². The maximum Gasteiger partial charge on any atom is 0.279 e. The smallest absolute Gasteiger partial charge is 0.273 e. The van der Waals surface area contributed by atoms with Crippen molar-refractivity contribution in [2.75, 3.05) is 0 Å². The van der Waals surface area contributed by atoms with E-state index in [2.05, 4.69) is 31.3 Å². The third-order valence-electron chi connectivity index (χ3n) is 4.34. The van der Waals surface area contributed by atoms with E-state index in [1.807, 2.05) is 24.3 Å². The summed E-state index contributed by atoms with van der Waals surface area (Å²) in [7, 11) is 0. The van der Waals surface area contributed by atoms with Crippen LogP contribution in [-0.2, 0) is 16.6 Å². The highest BCUT2D eigenvalue weighted by atomic mass is 16.6. The summed E-state index contributed by atoms with van der Waals surface area (Å²) in [4.78, 5) is 32.6. The molecule has 0 fully saturated rings. The van der Waals surface area contributed by atoms with Gasteiger partial charge in [0, 0.05) is 11.6 Å². The van der Waals surface area contributed by atoms with Gasteiger partial charge in [0.15, 0.2) is 0 Å². The summed E-state index contributed by atoms with van der Waals surface area (Å²) >= 11 is 0. The van der Waals surface area contributed by atoms with Gasteiger partial charge in [0.05, 0.1) is 28.0 Å². The lowest BCUT2D eigenvalue weighted by atomic mass is 9.86. The van der Waals surface area contributed by atoms with Crippen LogP contribution in [0.3, 0.4) is 0 Å². The first-order valence-electron chi connectivity index (χ1n) is 8.85. The van der Waals surface area contributed by atoms with Gasteiger partial charge >= 0.3 is 0 Å². The van der Waals surface area contributed by atoms with E-state index in [4.69, 9.17) is 0 Å². The van der Waals surface area contributed by atoms with Crippen molar-refractivity contribution in [2.24, 2.45) is 5.10 Å². The molecule has 0 spiro atoms. The van der Waals surface area contributed by atoms with Gasteiger partial charge in [0.1, 0.15) is 0 Å². The second-order valence-electron chi connectivity index (χ2n) is 7.56. The van der Waals surface area contributed by atoms with Crippen LogP contribution >= 0.6 is 0 Å². The first-order chi connectivity index (χ1) is 13.5. The summed E-state index contributed by atoms with van der Waals surface area (Å²) in [6.45, 7) is 8.07. The number of hydrogen-bond acceptors (Lipinski definition) is 6. The molecule has 9 heteroatoms. The minimum absolute atomic E-state index is 0.0251. The second kappa shape index (κ2) is 8.59. The maximum atomic E-state index is 12.2. The lowest BCUT2D eigenvalue weighted by molar-refractivity contribution is -0.394. The molecule has 0 bridgehead atoms. The Morgan fingerprint density at radius 3 is 2.17 bits per heavy atom. The van der Waals surface area contributed by atoms with Gasteiger partial charge < -0.3 is 0 Å². The molecule has 152 valence electrons. The van der Waals surface area contributed by atoms with Crippen molar-refractivity contribution >= 4 is 23.0 Å². The van der Waals surface area contributed by atoms with Crippen LogP contribution in [0.4, 0.5) is 11.4 Å². The summed E-state index contributed by atoms with van der Waals surface area (Å²) in [5.41, 5.74) is 4.16. The number of nitro groups is 2. The molecule has 0 radical (unpaired) electrons. The van der Waals surface area contributed by atoms with Crippen molar-refractivity contribution in [1.82, 2.24) is 5.43 Å². The highest BCUT2D eigenvalue weighted by Crippen LogP contribution is 2.25. The number of carbonyl (C=O) groups is 1. The Labute approximate surface area is 167 Å². The van der Waals surface area contributed by atoms with Crippen molar-refractivity contribution < 1.29 is 14.6 Å². The fourth-order valence-electron chi connectivity index (χ4n) is 2.62. The third-order valence-corrected chi connectivity index (χ3v) is 4.34. The molecule has 29 heavy (non-hydrogen) atoms. The van der Waals surface area contributed by atoms with E-state index < -0.39 is 27.1 Å². The molecule has 0 aliphatic heterocycles. The zero-order chi connectivity index (χ0) is 21.8. The van der Waals surface area contributed by atoms with Crippen molar-refractivity contribution in [2.45, 2.75) is 39.5 Å². The van der Waals surface area contributed by atoms with Gasteiger partial charge in [-0.2, -0.15) is 5.10 Å². The number of benzene rings is 2. The zero-order valence-corrected chi connectivity index (χ0v) is 16.6. The van der Waals surface area contributed by atoms with Crippen molar-refractivity contribution in [1.29, 1.82) is 0 Å². The van der Waals surface area contributed by atoms with Gasteiger partial charge in [-0.15, -0.1) is 0 Å². The van der Waals surface area contributed by atoms with Gasteiger partial charge in [0.2, 0.25) is 5.91 Å². The van der Waals surface area contributed by atoms with Crippen LogP contribution in [0.25, 0.3) is 0 Å². The largest absolute Gasteiger partial charge is 0.279 e. The SMILES string of the molecule is C/C(=N\NC(=O)Cc1ccc([N+](=O)[O-])cc1[N+](=O)[O-])c1ccc(C(C)(C)C)cc1. The topological polar surface area (TPSA) is 128 Å². The Morgan fingerprint density at radius 2 is 1.66 bits per heavy atom. The molecule has 1 amide bonds. The second-order valence-corrected chi connectivity index (χ2v) is 7.56. The van der Waals surface area contributed by atoms with Crippen LogP contribution < -0.4 is 5.43 Å². The van der Waals surface area contributed by atoms with Gasteiger partial charge in [-0.05, 0) is 29.5 Å². The Balaban J connectivity index is 2.11. The predicted octanol–water partition coefficient (Wildman–Crippen LogP) is 3.88. The molecule has 0 saturated carbocycles. The highest BCUT2D eigenvalue weighted by Gasteiger charge is 2.21. The Bertz CT molecular complexity index is 975. The molecule has 0 unspecified atom stereocenters. The normalized spacial score (nSPS) is 11.8. The van der Waals surface area contributed by atoms with E-state index in [0.29, 0.717) is 5.71 Å². The molecule has 0 aliphatic rings. The fourth-order valence-corrected chi connectivity index (χ4v) is 2.62. The zero-order valence-electron chi connectivity index (χ0n) is 16.6. The quantitative estimate of drug-likeness (QED) is 0.448. The van der Waals surface area contributed by atoms with Crippen LogP contribution in [0.2, 0.25) is 0 Å². The minimum Gasteiger partial charge on any atom is -0.273 e. The number of nitrogens with zero attached hydrogens (tertiary/aromatic N) is 3. The molecule has 2 rings (SSSR count). The third kappa shape index (κ3) is 5.68. The summed E-state index contributed by atoms with van der Waals surface area (Å²) in [6, 6.07) is 11.0. The average Bonchev–Trinajstić information content (AvgIpc) is 2.65.